The van der Waals surface area contributed by atoms with E-state index < -0.39 is 6.10 Å². The van der Waals surface area contributed by atoms with E-state index in [-0.39, 0.29) is 37.5 Å². The molecule has 342 valence electrons. The number of hydrogen-bond acceptors (Lipinski definition) is 6. The van der Waals surface area contributed by atoms with E-state index in [9.17, 15) is 14.4 Å². The highest BCUT2D eigenvalue weighted by Gasteiger charge is 2.19. The summed E-state index contributed by atoms with van der Waals surface area (Å²) in [6.07, 6.45) is 61.4. The Morgan fingerprint density at radius 1 is 0.350 bits per heavy atom. The molecule has 0 aliphatic carbocycles. The molecular weight excluding hydrogens is 745 g/mol. The van der Waals surface area contributed by atoms with Gasteiger partial charge in [0.15, 0.2) is 6.10 Å². The van der Waals surface area contributed by atoms with Crippen molar-refractivity contribution in [1.82, 2.24) is 0 Å². The quantitative estimate of drug-likeness (QED) is 0.0200. The molecule has 1 unspecified atom stereocenters. The monoisotopic (exact) mass is 835 g/mol. The van der Waals surface area contributed by atoms with E-state index in [2.05, 4.69) is 69.4 Å². The first-order chi connectivity index (χ1) is 29.5. The molecule has 6 heteroatoms. The molecule has 1 atom stereocenters. The van der Waals surface area contributed by atoms with Crippen LogP contribution in [-0.4, -0.2) is 37.2 Å². The summed E-state index contributed by atoms with van der Waals surface area (Å²) in [5.41, 5.74) is 0. The van der Waals surface area contributed by atoms with Crippen molar-refractivity contribution in [2.75, 3.05) is 13.2 Å². The molecule has 0 aromatic rings. The van der Waals surface area contributed by atoms with E-state index in [4.69, 9.17) is 14.2 Å². The molecule has 0 fully saturated rings. The second-order valence-corrected chi connectivity index (χ2v) is 16.1. The van der Waals surface area contributed by atoms with Gasteiger partial charge in [-0.25, -0.2) is 0 Å². The van der Waals surface area contributed by atoms with E-state index in [1.165, 1.54) is 89.9 Å². The Balaban J connectivity index is 4.39. The molecule has 0 aromatic carbocycles. The first-order valence-corrected chi connectivity index (χ1v) is 24.7. The van der Waals surface area contributed by atoms with E-state index in [1.807, 2.05) is 36.5 Å². The van der Waals surface area contributed by atoms with Gasteiger partial charge in [0.05, 0.1) is 0 Å². The molecule has 0 spiro atoms. The van der Waals surface area contributed by atoms with Crippen LogP contribution in [0, 0.1) is 0 Å². The molecule has 0 N–H and O–H groups in total. The van der Waals surface area contributed by atoms with Crippen molar-refractivity contribution in [3.63, 3.8) is 0 Å². The SMILES string of the molecule is CC\C=C/C=C\C=C/C=C\CCCCCC(=O)OC(COC(=O)CCCCCC/C=C\CCCC)COC(=O)CCCCCCCCCCCC/C=C\C=C/CCCCC. The summed E-state index contributed by atoms with van der Waals surface area (Å²) in [4.78, 5) is 37.8. The van der Waals surface area contributed by atoms with Crippen molar-refractivity contribution in [3.05, 3.63) is 85.1 Å². The summed E-state index contributed by atoms with van der Waals surface area (Å²) >= 11 is 0. The lowest BCUT2D eigenvalue weighted by Crippen LogP contribution is -2.30. The van der Waals surface area contributed by atoms with Crippen molar-refractivity contribution in [2.24, 2.45) is 0 Å². The molecule has 0 bridgehead atoms. The van der Waals surface area contributed by atoms with Crippen molar-refractivity contribution in [1.29, 1.82) is 0 Å². The summed E-state index contributed by atoms with van der Waals surface area (Å²) in [7, 11) is 0. The maximum atomic E-state index is 12.7. The highest BCUT2D eigenvalue weighted by atomic mass is 16.6. The summed E-state index contributed by atoms with van der Waals surface area (Å²) in [6, 6.07) is 0. The van der Waals surface area contributed by atoms with Gasteiger partial charge in [-0.15, -0.1) is 0 Å². The predicted molar refractivity (Wildman–Crippen MR) is 256 cm³/mol. The Bertz CT molecular complexity index is 1190. The van der Waals surface area contributed by atoms with Gasteiger partial charge in [-0.3, -0.25) is 14.4 Å². The van der Waals surface area contributed by atoms with Gasteiger partial charge < -0.3 is 14.2 Å². The first-order valence-electron chi connectivity index (χ1n) is 24.7. The average molecular weight is 835 g/mol. The Morgan fingerprint density at radius 3 is 1.15 bits per heavy atom. The highest BCUT2D eigenvalue weighted by Crippen LogP contribution is 2.14. The number of allylic oxidation sites excluding steroid dienone is 14. The number of rotatable bonds is 43. The molecule has 0 amide bonds. The lowest BCUT2D eigenvalue weighted by atomic mass is 10.1. The number of unbranched alkanes of at least 4 members (excludes halogenated alkanes) is 22. The molecule has 0 aliphatic rings. The third-order valence-electron chi connectivity index (χ3n) is 10.2. The molecule has 0 radical (unpaired) electrons. The number of esters is 3. The maximum Gasteiger partial charge on any atom is 0.306 e. The highest BCUT2D eigenvalue weighted by molar-refractivity contribution is 5.71. The van der Waals surface area contributed by atoms with Crippen LogP contribution in [0.25, 0.3) is 0 Å². The summed E-state index contributed by atoms with van der Waals surface area (Å²) in [5, 5.41) is 0. The van der Waals surface area contributed by atoms with Gasteiger partial charge in [0.25, 0.3) is 0 Å². The Kier molecular flexibility index (Phi) is 45.5. The fourth-order valence-electron chi connectivity index (χ4n) is 6.48. The van der Waals surface area contributed by atoms with E-state index in [0.29, 0.717) is 19.3 Å². The third-order valence-corrected chi connectivity index (χ3v) is 10.2. The standard InChI is InChI=1S/C54H90O6/c1-4-7-10-13-16-19-22-24-25-26-27-28-29-31-32-35-38-41-44-47-53(56)59-50-51(49-58-52(55)46-43-40-37-34-21-18-15-12-9-6-3)60-54(57)48-45-42-39-36-33-30-23-20-17-14-11-8-5-2/h8,11,14-20,22-24,30,33,51H,4-7,9-10,12-13,21,25-29,31-32,34-50H2,1-3H3/b11-8-,17-14-,18-15-,19-16-,23-20-,24-22-,33-30-. The van der Waals surface area contributed by atoms with Crippen molar-refractivity contribution >= 4 is 17.9 Å². The van der Waals surface area contributed by atoms with Crippen LogP contribution in [-0.2, 0) is 28.6 Å². The maximum absolute atomic E-state index is 12.7. The van der Waals surface area contributed by atoms with E-state index in [1.54, 1.807) is 0 Å². The molecule has 60 heavy (non-hydrogen) atoms. The first kappa shape index (κ1) is 56.6. The van der Waals surface area contributed by atoms with Crippen LogP contribution < -0.4 is 0 Å². The van der Waals surface area contributed by atoms with Crippen molar-refractivity contribution in [3.8, 4) is 0 Å². The molecule has 0 saturated heterocycles. The number of carbonyl (C=O) groups excluding carboxylic acids is 3. The van der Waals surface area contributed by atoms with Crippen molar-refractivity contribution in [2.45, 2.75) is 226 Å². The lowest BCUT2D eigenvalue weighted by Gasteiger charge is -2.18. The van der Waals surface area contributed by atoms with Crippen LogP contribution in [0.5, 0.6) is 0 Å². The van der Waals surface area contributed by atoms with Gasteiger partial charge in [-0.1, -0.05) is 202 Å². The predicted octanol–water partition coefficient (Wildman–Crippen LogP) is 16.0. The Hall–Kier alpha value is -3.41. The van der Waals surface area contributed by atoms with E-state index in [0.717, 1.165) is 83.5 Å². The molecule has 0 rings (SSSR count). The van der Waals surface area contributed by atoms with E-state index >= 15 is 0 Å². The largest absolute Gasteiger partial charge is 0.462 e. The number of carbonyl (C=O) groups is 3. The van der Waals surface area contributed by atoms with Crippen molar-refractivity contribution < 1.29 is 28.6 Å². The van der Waals surface area contributed by atoms with Crippen LogP contribution in [0.2, 0.25) is 0 Å². The Labute approximate surface area is 369 Å². The summed E-state index contributed by atoms with van der Waals surface area (Å²) < 4.78 is 16.7. The fraction of sp³-hybridized carbons (Fsp3) is 0.685. The van der Waals surface area contributed by atoms with Crippen LogP contribution in [0.3, 0.4) is 0 Å². The lowest BCUT2D eigenvalue weighted by molar-refractivity contribution is -0.167. The van der Waals surface area contributed by atoms with Gasteiger partial charge in [0, 0.05) is 19.3 Å². The average Bonchev–Trinajstić information content (AvgIpc) is 3.24. The number of hydrogen-bond donors (Lipinski definition) is 0. The van der Waals surface area contributed by atoms with Gasteiger partial charge in [-0.2, -0.15) is 0 Å². The van der Waals surface area contributed by atoms with Gasteiger partial charge in [0.2, 0.25) is 0 Å². The molecule has 0 saturated carbocycles. The van der Waals surface area contributed by atoms with Gasteiger partial charge >= 0.3 is 17.9 Å². The zero-order valence-electron chi connectivity index (χ0n) is 38.9. The molecule has 0 aliphatic heterocycles. The third kappa shape index (κ3) is 45.7. The smallest absolute Gasteiger partial charge is 0.306 e. The van der Waals surface area contributed by atoms with Crippen LogP contribution in [0.4, 0.5) is 0 Å². The van der Waals surface area contributed by atoms with Gasteiger partial charge in [-0.05, 0) is 83.5 Å². The normalized spacial score (nSPS) is 12.8. The molecule has 6 nitrogen and oxygen atoms in total. The minimum Gasteiger partial charge on any atom is -0.462 e. The van der Waals surface area contributed by atoms with Crippen LogP contribution >= 0.6 is 0 Å². The zero-order chi connectivity index (χ0) is 43.7. The zero-order valence-corrected chi connectivity index (χ0v) is 38.9. The second kappa shape index (κ2) is 48.3. The molecule has 0 heterocycles. The molecule has 0 aromatic heterocycles. The van der Waals surface area contributed by atoms with Crippen LogP contribution in [0.15, 0.2) is 85.1 Å². The topological polar surface area (TPSA) is 78.9 Å². The Morgan fingerprint density at radius 2 is 0.683 bits per heavy atom. The minimum absolute atomic E-state index is 0.0987. The second-order valence-electron chi connectivity index (χ2n) is 16.1. The molecular formula is C54H90O6. The van der Waals surface area contributed by atoms with Gasteiger partial charge in [0.1, 0.15) is 13.2 Å². The summed E-state index contributed by atoms with van der Waals surface area (Å²) in [5.74, 6) is -0.960. The minimum atomic E-state index is -0.801. The fourth-order valence-corrected chi connectivity index (χ4v) is 6.48. The van der Waals surface area contributed by atoms with Crippen LogP contribution in [0.1, 0.15) is 220 Å². The summed E-state index contributed by atoms with van der Waals surface area (Å²) in [6.45, 7) is 6.37. The number of ether oxygens (including phenoxy) is 3.